The maximum Gasteiger partial charge on any atom is 0.0887 e. The van der Waals surface area contributed by atoms with E-state index in [1.807, 2.05) is 24.4 Å². The van der Waals surface area contributed by atoms with Crippen molar-refractivity contribution in [2.75, 3.05) is 26.3 Å². The highest BCUT2D eigenvalue weighted by molar-refractivity contribution is 5.85. The summed E-state index contributed by atoms with van der Waals surface area (Å²) in [6.45, 7) is 4.16. The molecule has 1 saturated heterocycles. The summed E-state index contributed by atoms with van der Waals surface area (Å²) in [6.07, 6.45) is 5.44. The van der Waals surface area contributed by atoms with E-state index in [1.165, 1.54) is 12.8 Å². The molecule has 0 bridgehead atoms. The maximum atomic E-state index is 6.08. The molecule has 1 aromatic heterocycles. The van der Waals surface area contributed by atoms with Crippen molar-refractivity contribution in [3.63, 3.8) is 0 Å². The topological polar surface area (TPSA) is 43.4 Å². The van der Waals surface area contributed by atoms with Crippen molar-refractivity contribution in [1.29, 1.82) is 0 Å². The van der Waals surface area contributed by atoms with Crippen LogP contribution in [0.15, 0.2) is 24.4 Å². The van der Waals surface area contributed by atoms with Crippen molar-refractivity contribution in [3.05, 3.63) is 30.1 Å². The molecule has 3 rings (SSSR count). The molecule has 1 aliphatic carbocycles. The quantitative estimate of drug-likeness (QED) is 0.919. The van der Waals surface area contributed by atoms with Gasteiger partial charge in [-0.05, 0) is 25.0 Å². The van der Waals surface area contributed by atoms with Gasteiger partial charge in [-0.25, -0.2) is 0 Å². The smallest absolute Gasteiger partial charge is 0.0887 e. The first-order valence-corrected chi connectivity index (χ1v) is 7.21. The lowest BCUT2D eigenvalue weighted by Crippen LogP contribution is -2.52. The second-order valence-electron chi connectivity index (χ2n) is 5.52. The standard InChI is InChI=1S/C15H22N2O2.2ClH/c1-2-7-17-14(5-1)11-18-10-13-4-3-6-15(13)12-16-8-9-19-15;;/h1-2,5,7,13,16H,3-4,6,8-12H2;2*1H/t13-,15+;;/m1../s1. The number of rotatable bonds is 4. The van der Waals surface area contributed by atoms with E-state index in [1.54, 1.807) is 0 Å². The molecule has 0 amide bonds. The molecule has 120 valence electrons. The average Bonchev–Trinajstić information content (AvgIpc) is 2.83. The second kappa shape index (κ2) is 8.91. The molecule has 1 aliphatic heterocycles. The number of hydrogen-bond donors (Lipinski definition) is 1. The van der Waals surface area contributed by atoms with Crippen molar-refractivity contribution in [3.8, 4) is 0 Å². The van der Waals surface area contributed by atoms with Gasteiger partial charge in [-0.15, -0.1) is 24.8 Å². The third-order valence-corrected chi connectivity index (χ3v) is 4.28. The highest BCUT2D eigenvalue weighted by Gasteiger charge is 2.44. The Morgan fingerprint density at radius 1 is 1.38 bits per heavy atom. The molecule has 0 aromatic carbocycles. The minimum atomic E-state index is 0. The SMILES string of the molecule is Cl.Cl.c1ccc(COC[C@H]2CCC[C@]23CNCCO3)nc1. The summed E-state index contributed by atoms with van der Waals surface area (Å²) >= 11 is 0. The third kappa shape index (κ3) is 4.54. The Kier molecular flexibility index (Phi) is 7.92. The summed E-state index contributed by atoms with van der Waals surface area (Å²) in [5.41, 5.74) is 1.03. The Morgan fingerprint density at radius 2 is 2.29 bits per heavy atom. The van der Waals surface area contributed by atoms with Crippen molar-refractivity contribution in [2.24, 2.45) is 5.92 Å². The molecule has 21 heavy (non-hydrogen) atoms. The number of hydrogen-bond acceptors (Lipinski definition) is 4. The molecule has 0 radical (unpaired) electrons. The lowest BCUT2D eigenvalue weighted by molar-refractivity contribution is -0.108. The number of halogens is 2. The fourth-order valence-corrected chi connectivity index (χ4v) is 3.24. The molecule has 1 aromatic rings. The van der Waals surface area contributed by atoms with Gasteiger partial charge >= 0.3 is 0 Å². The molecule has 1 spiro atoms. The zero-order valence-electron chi connectivity index (χ0n) is 12.1. The lowest BCUT2D eigenvalue weighted by Gasteiger charge is -2.39. The number of ether oxygens (including phenoxy) is 2. The van der Waals surface area contributed by atoms with Gasteiger partial charge in [-0.1, -0.05) is 12.5 Å². The Hall–Kier alpha value is -0.390. The van der Waals surface area contributed by atoms with Crippen molar-refractivity contribution >= 4 is 24.8 Å². The van der Waals surface area contributed by atoms with E-state index in [0.29, 0.717) is 12.5 Å². The second-order valence-corrected chi connectivity index (χ2v) is 5.52. The van der Waals surface area contributed by atoms with Crippen LogP contribution in [0.4, 0.5) is 0 Å². The lowest BCUT2D eigenvalue weighted by atomic mass is 9.90. The molecular weight excluding hydrogens is 311 g/mol. The largest absolute Gasteiger partial charge is 0.375 e. The first-order chi connectivity index (χ1) is 9.39. The van der Waals surface area contributed by atoms with E-state index in [9.17, 15) is 0 Å². The highest BCUT2D eigenvalue weighted by atomic mass is 35.5. The maximum absolute atomic E-state index is 6.08. The summed E-state index contributed by atoms with van der Waals surface area (Å²) < 4.78 is 11.9. The van der Waals surface area contributed by atoms with Crippen molar-refractivity contribution in [1.82, 2.24) is 10.3 Å². The monoisotopic (exact) mass is 334 g/mol. The number of nitrogens with zero attached hydrogens (tertiary/aromatic N) is 1. The molecule has 4 nitrogen and oxygen atoms in total. The third-order valence-electron chi connectivity index (χ3n) is 4.28. The predicted octanol–water partition coefficient (Wildman–Crippen LogP) is 2.60. The summed E-state index contributed by atoms with van der Waals surface area (Å²) in [5, 5.41) is 3.46. The Labute approximate surface area is 138 Å². The molecule has 2 fully saturated rings. The molecule has 0 unspecified atom stereocenters. The van der Waals surface area contributed by atoms with Gasteiger partial charge in [0.25, 0.3) is 0 Å². The molecule has 6 heteroatoms. The molecule has 2 atom stereocenters. The van der Waals surface area contributed by atoms with Crippen molar-refractivity contribution < 1.29 is 9.47 Å². The van der Waals surface area contributed by atoms with E-state index in [-0.39, 0.29) is 30.4 Å². The zero-order valence-corrected chi connectivity index (χ0v) is 13.8. The van der Waals surface area contributed by atoms with Crippen LogP contribution in [0, 0.1) is 5.92 Å². The average molecular weight is 335 g/mol. The highest BCUT2D eigenvalue weighted by Crippen LogP contribution is 2.39. The Morgan fingerprint density at radius 3 is 3.00 bits per heavy atom. The molecule has 2 aliphatic rings. The molecule has 1 saturated carbocycles. The van der Waals surface area contributed by atoms with Crippen LogP contribution >= 0.6 is 24.8 Å². The minimum Gasteiger partial charge on any atom is -0.375 e. The van der Waals surface area contributed by atoms with E-state index in [2.05, 4.69) is 10.3 Å². The van der Waals surface area contributed by atoms with E-state index in [4.69, 9.17) is 9.47 Å². The Balaban J connectivity index is 0.00000110. The van der Waals surface area contributed by atoms with E-state index < -0.39 is 0 Å². The first kappa shape index (κ1) is 18.7. The number of pyridine rings is 1. The van der Waals surface area contributed by atoms with Gasteiger partial charge in [0.2, 0.25) is 0 Å². The van der Waals surface area contributed by atoms with Gasteiger partial charge in [0.05, 0.1) is 31.1 Å². The summed E-state index contributed by atoms with van der Waals surface area (Å²) in [5.74, 6) is 0.518. The van der Waals surface area contributed by atoms with Gasteiger partial charge < -0.3 is 14.8 Å². The number of aromatic nitrogens is 1. The van der Waals surface area contributed by atoms with Crippen LogP contribution in [-0.2, 0) is 16.1 Å². The van der Waals surface area contributed by atoms with Crippen LogP contribution in [0.25, 0.3) is 0 Å². The minimum absolute atomic E-state index is 0. The first-order valence-electron chi connectivity index (χ1n) is 7.21. The summed E-state index contributed by atoms with van der Waals surface area (Å²) in [7, 11) is 0. The van der Waals surface area contributed by atoms with Crippen LogP contribution < -0.4 is 5.32 Å². The number of nitrogens with one attached hydrogen (secondary N) is 1. The summed E-state index contributed by atoms with van der Waals surface area (Å²) in [4.78, 5) is 4.28. The zero-order chi connectivity index (χ0) is 13.0. The molecular formula is C15H24Cl2N2O2. The van der Waals surface area contributed by atoms with Gasteiger partial charge in [0.15, 0.2) is 0 Å². The van der Waals surface area contributed by atoms with Crippen molar-refractivity contribution in [2.45, 2.75) is 31.5 Å². The van der Waals surface area contributed by atoms with Gasteiger partial charge in [-0.3, -0.25) is 4.98 Å². The predicted molar refractivity (Wildman–Crippen MR) is 87.3 cm³/mol. The van der Waals surface area contributed by atoms with E-state index in [0.717, 1.165) is 38.4 Å². The normalized spacial score (nSPS) is 27.9. The van der Waals surface area contributed by atoms with Crippen LogP contribution in [0.5, 0.6) is 0 Å². The van der Waals surface area contributed by atoms with Crippen LogP contribution in [0.2, 0.25) is 0 Å². The molecule has 1 N–H and O–H groups in total. The summed E-state index contributed by atoms with van der Waals surface area (Å²) in [6, 6.07) is 5.93. The fourth-order valence-electron chi connectivity index (χ4n) is 3.24. The molecule has 2 heterocycles. The Bertz CT molecular complexity index is 400. The van der Waals surface area contributed by atoms with Gasteiger partial charge in [-0.2, -0.15) is 0 Å². The van der Waals surface area contributed by atoms with Crippen LogP contribution in [0.1, 0.15) is 25.0 Å². The van der Waals surface area contributed by atoms with Crippen LogP contribution in [0.3, 0.4) is 0 Å². The van der Waals surface area contributed by atoms with Crippen LogP contribution in [-0.4, -0.2) is 36.9 Å². The van der Waals surface area contributed by atoms with Gasteiger partial charge in [0, 0.05) is 25.2 Å². The van der Waals surface area contributed by atoms with E-state index >= 15 is 0 Å². The number of morpholine rings is 1. The van der Waals surface area contributed by atoms with Gasteiger partial charge in [0.1, 0.15) is 0 Å². The fraction of sp³-hybridized carbons (Fsp3) is 0.667.